The molecule has 1 aromatic heterocycles. The van der Waals surface area contributed by atoms with Gasteiger partial charge in [0.2, 0.25) is 11.9 Å². The van der Waals surface area contributed by atoms with E-state index in [0.29, 0.717) is 12.0 Å². The van der Waals surface area contributed by atoms with E-state index in [9.17, 15) is 0 Å². The van der Waals surface area contributed by atoms with Crippen LogP contribution < -0.4 is 15.0 Å². The van der Waals surface area contributed by atoms with Crippen molar-refractivity contribution in [3.05, 3.63) is 0 Å². The topological polar surface area (TPSA) is 63.2 Å². The van der Waals surface area contributed by atoms with Gasteiger partial charge in [-0.3, -0.25) is 0 Å². The molecule has 2 fully saturated rings. The number of ether oxygens (including phenoxy) is 1. The molecule has 6 nitrogen and oxygen atoms in total. The molecule has 0 radical (unpaired) electrons. The summed E-state index contributed by atoms with van der Waals surface area (Å²) >= 11 is 0. The average molecular weight is 291 g/mol. The van der Waals surface area contributed by atoms with Crippen molar-refractivity contribution in [2.75, 3.05) is 29.9 Å². The first-order chi connectivity index (χ1) is 10.3. The maximum absolute atomic E-state index is 5.97. The minimum Gasteiger partial charge on any atom is -0.460 e. The van der Waals surface area contributed by atoms with Gasteiger partial charge in [-0.1, -0.05) is 6.92 Å². The van der Waals surface area contributed by atoms with Crippen molar-refractivity contribution in [1.29, 1.82) is 0 Å². The predicted octanol–water partition coefficient (Wildman–Crippen LogP) is 2.62. The first-order valence-corrected chi connectivity index (χ1v) is 8.26. The van der Waals surface area contributed by atoms with Gasteiger partial charge in [0, 0.05) is 19.6 Å². The Morgan fingerprint density at radius 2 is 1.86 bits per heavy atom. The summed E-state index contributed by atoms with van der Waals surface area (Å²) in [5, 5.41) is 3.25. The number of hydrogen-bond acceptors (Lipinski definition) is 6. The molecular weight excluding hydrogens is 266 g/mol. The van der Waals surface area contributed by atoms with Crippen molar-refractivity contribution in [1.82, 2.24) is 15.0 Å². The van der Waals surface area contributed by atoms with Gasteiger partial charge in [0.25, 0.3) is 0 Å². The standard InChI is InChI=1S/C15H25N5O/c1-2-9-16-13-17-14(20-10-5-6-11-20)19-15(18-13)21-12-7-3-4-8-12/h12H,2-11H2,1H3,(H,16,17,18,19). The molecule has 2 aliphatic rings. The van der Waals surface area contributed by atoms with Crippen molar-refractivity contribution < 1.29 is 4.74 Å². The van der Waals surface area contributed by atoms with Gasteiger partial charge in [0.15, 0.2) is 0 Å². The Balaban J connectivity index is 1.77. The SMILES string of the molecule is CCCNc1nc(OC2CCCC2)nc(N2CCCC2)n1. The average Bonchev–Trinajstić information content (AvgIpc) is 3.18. The van der Waals surface area contributed by atoms with Crippen LogP contribution in [0.1, 0.15) is 51.9 Å². The van der Waals surface area contributed by atoms with E-state index in [2.05, 4.69) is 32.1 Å². The molecule has 1 aliphatic heterocycles. The summed E-state index contributed by atoms with van der Waals surface area (Å²) in [5.41, 5.74) is 0. The quantitative estimate of drug-likeness (QED) is 0.869. The van der Waals surface area contributed by atoms with Crippen molar-refractivity contribution in [2.45, 2.75) is 58.0 Å². The van der Waals surface area contributed by atoms with Gasteiger partial charge in [-0.2, -0.15) is 15.0 Å². The third-order valence-corrected chi connectivity index (χ3v) is 4.10. The summed E-state index contributed by atoms with van der Waals surface area (Å²) in [7, 11) is 0. The molecule has 0 bridgehead atoms. The lowest BCUT2D eigenvalue weighted by Crippen LogP contribution is -2.23. The number of nitrogens with zero attached hydrogens (tertiary/aromatic N) is 4. The molecule has 21 heavy (non-hydrogen) atoms. The van der Waals surface area contributed by atoms with Crippen LogP contribution in [0.25, 0.3) is 0 Å². The monoisotopic (exact) mass is 291 g/mol. The van der Waals surface area contributed by atoms with Crippen molar-refractivity contribution >= 4 is 11.9 Å². The molecule has 0 aromatic carbocycles. The van der Waals surface area contributed by atoms with Crippen molar-refractivity contribution in [2.24, 2.45) is 0 Å². The summed E-state index contributed by atoms with van der Waals surface area (Å²) in [6, 6.07) is 0.484. The Labute approximate surface area is 126 Å². The molecule has 3 rings (SSSR count). The minimum atomic E-state index is 0.276. The Morgan fingerprint density at radius 3 is 2.57 bits per heavy atom. The highest BCUT2D eigenvalue weighted by Gasteiger charge is 2.21. The zero-order chi connectivity index (χ0) is 14.5. The van der Waals surface area contributed by atoms with Gasteiger partial charge in [-0.05, 0) is 44.9 Å². The smallest absolute Gasteiger partial charge is 0.323 e. The second-order valence-corrected chi connectivity index (χ2v) is 5.89. The first kappa shape index (κ1) is 14.4. The third-order valence-electron chi connectivity index (χ3n) is 4.10. The van der Waals surface area contributed by atoms with Gasteiger partial charge in [-0.15, -0.1) is 0 Å². The predicted molar refractivity (Wildman–Crippen MR) is 82.9 cm³/mol. The molecule has 0 spiro atoms. The molecule has 1 saturated carbocycles. The van der Waals surface area contributed by atoms with Crippen LogP contribution in [0.4, 0.5) is 11.9 Å². The molecule has 2 heterocycles. The number of hydrogen-bond donors (Lipinski definition) is 1. The van der Waals surface area contributed by atoms with Gasteiger partial charge in [-0.25, -0.2) is 0 Å². The molecule has 1 aromatic rings. The molecule has 1 saturated heterocycles. The third kappa shape index (κ3) is 3.74. The molecule has 1 aliphatic carbocycles. The van der Waals surface area contributed by atoms with E-state index in [1.54, 1.807) is 0 Å². The second-order valence-electron chi connectivity index (χ2n) is 5.89. The Morgan fingerprint density at radius 1 is 1.10 bits per heavy atom. The van der Waals surface area contributed by atoms with Crippen LogP contribution >= 0.6 is 0 Å². The fourth-order valence-corrected chi connectivity index (χ4v) is 2.93. The molecule has 1 N–H and O–H groups in total. The van der Waals surface area contributed by atoms with Crippen LogP contribution in [0, 0.1) is 0 Å². The van der Waals surface area contributed by atoms with E-state index in [-0.39, 0.29) is 6.10 Å². The summed E-state index contributed by atoms with van der Waals surface area (Å²) in [6.07, 6.45) is 8.46. The van der Waals surface area contributed by atoms with Crippen LogP contribution in [0.15, 0.2) is 0 Å². The lowest BCUT2D eigenvalue weighted by atomic mass is 10.3. The molecule has 116 valence electrons. The lowest BCUT2D eigenvalue weighted by Gasteiger charge is -2.18. The summed E-state index contributed by atoms with van der Waals surface area (Å²) in [6.45, 7) is 5.05. The van der Waals surface area contributed by atoms with Crippen molar-refractivity contribution in [3.8, 4) is 6.01 Å². The number of aromatic nitrogens is 3. The lowest BCUT2D eigenvalue weighted by molar-refractivity contribution is 0.192. The number of rotatable bonds is 6. The molecule has 0 amide bonds. The van der Waals surface area contributed by atoms with Gasteiger partial charge in [0.05, 0.1) is 0 Å². The van der Waals surface area contributed by atoms with E-state index < -0.39 is 0 Å². The highest BCUT2D eigenvalue weighted by Crippen LogP contribution is 2.24. The Bertz CT molecular complexity index is 455. The van der Waals surface area contributed by atoms with Crippen molar-refractivity contribution in [3.63, 3.8) is 0 Å². The molecular formula is C15H25N5O. The van der Waals surface area contributed by atoms with E-state index in [1.807, 2.05) is 0 Å². The Hall–Kier alpha value is -1.59. The summed E-state index contributed by atoms with van der Waals surface area (Å²) < 4.78 is 5.97. The zero-order valence-corrected chi connectivity index (χ0v) is 12.8. The zero-order valence-electron chi connectivity index (χ0n) is 12.8. The van der Waals surface area contributed by atoms with E-state index >= 15 is 0 Å². The molecule has 0 atom stereocenters. The fraction of sp³-hybridized carbons (Fsp3) is 0.800. The van der Waals surface area contributed by atoms with Crippen LogP contribution in [0.5, 0.6) is 6.01 Å². The number of anilines is 2. The number of nitrogens with one attached hydrogen (secondary N) is 1. The van der Waals surface area contributed by atoms with Crippen LogP contribution in [0.2, 0.25) is 0 Å². The first-order valence-electron chi connectivity index (χ1n) is 8.26. The largest absolute Gasteiger partial charge is 0.460 e. The van der Waals surface area contributed by atoms with Gasteiger partial charge in [0.1, 0.15) is 6.10 Å². The van der Waals surface area contributed by atoms with Crippen LogP contribution in [-0.4, -0.2) is 40.7 Å². The van der Waals surface area contributed by atoms with E-state index in [1.165, 1.54) is 25.7 Å². The maximum Gasteiger partial charge on any atom is 0.323 e. The van der Waals surface area contributed by atoms with Crippen LogP contribution in [-0.2, 0) is 0 Å². The normalized spacial score (nSPS) is 19.2. The second kappa shape index (κ2) is 6.91. The minimum absolute atomic E-state index is 0.276. The van der Waals surface area contributed by atoms with E-state index in [4.69, 9.17) is 4.74 Å². The van der Waals surface area contributed by atoms with Gasteiger partial charge >= 0.3 is 6.01 Å². The van der Waals surface area contributed by atoms with E-state index in [0.717, 1.165) is 44.8 Å². The highest BCUT2D eigenvalue weighted by atomic mass is 16.5. The highest BCUT2D eigenvalue weighted by molar-refractivity contribution is 5.39. The summed E-state index contributed by atoms with van der Waals surface area (Å²) in [4.78, 5) is 15.7. The Kier molecular flexibility index (Phi) is 4.72. The summed E-state index contributed by atoms with van der Waals surface area (Å²) in [5.74, 6) is 1.40. The van der Waals surface area contributed by atoms with Crippen LogP contribution in [0.3, 0.4) is 0 Å². The van der Waals surface area contributed by atoms with Gasteiger partial charge < -0.3 is 15.0 Å². The molecule has 0 unspecified atom stereocenters. The fourth-order valence-electron chi connectivity index (χ4n) is 2.93. The molecule has 6 heteroatoms. The maximum atomic E-state index is 5.97.